The monoisotopic (exact) mass is 454 g/mol. The maximum Gasteiger partial charge on any atom is 0.410 e. The molecular formula is C24H30N4O5. The van der Waals surface area contributed by atoms with E-state index in [4.69, 9.17) is 9.47 Å². The highest BCUT2D eigenvalue weighted by molar-refractivity contribution is 5.94. The van der Waals surface area contributed by atoms with E-state index in [0.717, 1.165) is 11.3 Å². The standard InChI is InChI=1S/C24H30N4O5/c1-24(2,3)33-23(31)26-13-14-27-19(16-26)20-21(29)25(11-5-6-12-28(20)22(27)30)15-17-7-9-18(32-4)10-8-17/h5-10H,11-16H2,1-4H3/b6-5-. The first kappa shape index (κ1) is 22.7. The lowest BCUT2D eigenvalue weighted by molar-refractivity contribution is 0.0196. The number of methoxy groups -OCH3 is 1. The predicted molar refractivity (Wildman–Crippen MR) is 122 cm³/mol. The van der Waals surface area contributed by atoms with Gasteiger partial charge in [-0.15, -0.1) is 0 Å². The minimum atomic E-state index is -0.625. The first-order valence-corrected chi connectivity index (χ1v) is 11.1. The third-order valence-corrected chi connectivity index (χ3v) is 5.72. The molecule has 0 spiro atoms. The first-order chi connectivity index (χ1) is 15.7. The summed E-state index contributed by atoms with van der Waals surface area (Å²) in [5, 5.41) is 0. The van der Waals surface area contributed by atoms with Gasteiger partial charge in [0.2, 0.25) is 0 Å². The van der Waals surface area contributed by atoms with Gasteiger partial charge in [-0.2, -0.15) is 0 Å². The van der Waals surface area contributed by atoms with Crippen LogP contribution in [0.5, 0.6) is 5.75 Å². The highest BCUT2D eigenvalue weighted by Gasteiger charge is 2.34. The molecule has 1 aromatic carbocycles. The molecule has 0 saturated heterocycles. The minimum absolute atomic E-state index is 0.151. The van der Waals surface area contributed by atoms with Crippen LogP contribution >= 0.6 is 0 Å². The summed E-state index contributed by atoms with van der Waals surface area (Å²) in [6, 6.07) is 7.55. The molecule has 9 nitrogen and oxygen atoms in total. The van der Waals surface area contributed by atoms with Gasteiger partial charge in [0, 0.05) is 32.7 Å². The number of nitrogens with zero attached hydrogens (tertiary/aromatic N) is 4. The van der Waals surface area contributed by atoms with Gasteiger partial charge in [-0.1, -0.05) is 24.3 Å². The van der Waals surface area contributed by atoms with E-state index in [1.807, 2.05) is 57.2 Å². The lowest BCUT2D eigenvalue weighted by Gasteiger charge is -2.31. The van der Waals surface area contributed by atoms with E-state index in [-0.39, 0.29) is 18.1 Å². The van der Waals surface area contributed by atoms with Crippen LogP contribution in [0.3, 0.4) is 0 Å². The van der Waals surface area contributed by atoms with Gasteiger partial charge >= 0.3 is 11.8 Å². The van der Waals surface area contributed by atoms with Gasteiger partial charge in [-0.25, -0.2) is 9.59 Å². The van der Waals surface area contributed by atoms with Crippen LogP contribution in [0, 0.1) is 0 Å². The van der Waals surface area contributed by atoms with Crippen LogP contribution in [0.25, 0.3) is 0 Å². The molecule has 3 heterocycles. The number of ether oxygens (including phenoxy) is 2. The fraction of sp³-hybridized carbons (Fsp3) is 0.458. The molecule has 176 valence electrons. The van der Waals surface area contributed by atoms with E-state index in [0.29, 0.717) is 44.1 Å². The summed E-state index contributed by atoms with van der Waals surface area (Å²) < 4.78 is 13.8. The van der Waals surface area contributed by atoms with E-state index < -0.39 is 11.7 Å². The number of hydrogen-bond donors (Lipinski definition) is 0. The molecule has 0 unspecified atom stereocenters. The van der Waals surface area contributed by atoms with E-state index in [1.165, 1.54) is 4.57 Å². The zero-order valence-corrected chi connectivity index (χ0v) is 19.5. The smallest absolute Gasteiger partial charge is 0.410 e. The van der Waals surface area contributed by atoms with E-state index in [9.17, 15) is 14.4 Å². The van der Waals surface area contributed by atoms with Crippen LogP contribution < -0.4 is 10.4 Å². The second-order valence-electron chi connectivity index (χ2n) is 9.25. The molecule has 1 aromatic heterocycles. The van der Waals surface area contributed by atoms with Gasteiger partial charge in [0.05, 0.1) is 19.3 Å². The first-order valence-electron chi connectivity index (χ1n) is 11.1. The van der Waals surface area contributed by atoms with Crippen molar-refractivity contribution in [2.45, 2.75) is 52.6 Å². The Morgan fingerprint density at radius 3 is 2.36 bits per heavy atom. The molecule has 33 heavy (non-hydrogen) atoms. The molecule has 0 fully saturated rings. The number of aromatic nitrogens is 2. The number of allylic oxidation sites excluding steroid dienone is 1. The topological polar surface area (TPSA) is 86.0 Å². The number of carbonyl (C=O) groups is 2. The molecule has 0 saturated carbocycles. The van der Waals surface area contributed by atoms with E-state index in [2.05, 4.69) is 0 Å². The molecule has 0 N–H and O–H groups in total. The van der Waals surface area contributed by atoms with Crippen molar-refractivity contribution in [3.63, 3.8) is 0 Å². The molecule has 2 aliphatic heterocycles. The molecule has 0 aliphatic carbocycles. The molecule has 4 rings (SSSR count). The quantitative estimate of drug-likeness (QED) is 0.666. The van der Waals surface area contributed by atoms with Crippen molar-refractivity contribution in [2.75, 3.05) is 20.2 Å². The van der Waals surface area contributed by atoms with Crippen LogP contribution in [0.4, 0.5) is 4.79 Å². The normalized spacial score (nSPS) is 17.0. The second-order valence-corrected chi connectivity index (χ2v) is 9.25. The number of amides is 2. The third-order valence-electron chi connectivity index (χ3n) is 5.72. The van der Waals surface area contributed by atoms with Crippen LogP contribution in [0.2, 0.25) is 0 Å². The molecule has 0 atom stereocenters. The SMILES string of the molecule is COc1ccc(CN2C/C=C\Cn3c(c4n(c3=O)CCN(C(=O)OC(C)(C)C)C4)C2=O)cc1. The van der Waals surface area contributed by atoms with Crippen molar-refractivity contribution in [1.82, 2.24) is 18.9 Å². The average molecular weight is 455 g/mol. The Hall–Kier alpha value is -3.49. The van der Waals surface area contributed by atoms with Crippen molar-refractivity contribution >= 4 is 12.0 Å². The van der Waals surface area contributed by atoms with Crippen LogP contribution in [0.1, 0.15) is 42.5 Å². The number of benzene rings is 1. The highest BCUT2D eigenvalue weighted by Crippen LogP contribution is 2.22. The van der Waals surface area contributed by atoms with E-state index >= 15 is 0 Å². The van der Waals surface area contributed by atoms with Crippen molar-refractivity contribution in [2.24, 2.45) is 0 Å². The number of imidazole rings is 1. The van der Waals surface area contributed by atoms with Crippen molar-refractivity contribution in [1.29, 1.82) is 0 Å². The highest BCUT2D eigenvalue weighted by atomic mass is 16.6. The van der Waals surface area contributed by atoms with Crippen molar-refractivity contribution in [3.8, 4) is 5.75 Å². The fourth-order valence-electron chi connectivity index (χ4n) is 4.10. The molecule has 2 aliphatic rings. The van der Waals surface area contributed by atoms with Crippen LogP contribution in [-0.4, -0.2) is 56.7 Å². The van der Waals surface area contributed by atoms with Gasteiger partial charge < -0.3 is 19.3 Å². The fourth-order valence-corrected chi connectivity index (χ4v) is 4.10. The predicted octanol–water partition coefficient (Wildman–Crippen LogP) is 2.62. The van der Waals surface area contributed by atoms with Crippen molar-refractivity contribution < 1.29 is 19.1 Å². The summed E-state index contributed by atoms with van der Waals surface area (Å²) in [4.78, 5) is 42.7. The summed E-state index contributed by atoms with van der Waals surface area (Å²) in [5.74, 6) is 0.516. The summed E-state index contributed by atoms with van der Waals surface area (Å²) in [7, 11) is 1.61. The maximum atomic E-state index is 13.7. The summed E-state index contributed by atoms with van der Waals surface area (Å²) in [5.41, 5.74) is 0.992. The summed E-state index contributed by atoms with van der Waals surface area (Å²) in [6.07, 6.45) is 3.35. The minimum Gasteiger partial charge on any atom is -0.497 e. The van der Waals surface area contributed by atoms with Crippen molar-refractivity contribution in [3.05, 3.63) is 63.9 Å². The zero-order valence-electron chi connectivity index (χ0n) is 19.5. The van der Waals surface area contributed by atoms with Gasteiger partial charge in [-0.05, 0) is 38.5 Å². The summed E-state index contributed by atoms with van der Waals surface area (Å²) >= 11 is 0. The molecule has 9 heteroatoms. The molecule has 2 amide bonds. The number of fused-ring (bicyclic) bond motifs is 3. The largest absolute Gasteiger partial charge is 0.497 e. The van der Waals surface area contributed by atoms with Crippen LogP contribution in [0.15, 0.2) is 41.2 Å². The molecule has 0 radical (unpaired) electrons. The van der Waals surface area contributed by atoms with Gasteiger partial charge in [-0.3, -0.25) is 13.9 Å². The van der Waals surface area contributed by atoms with Crippen LogP contribution in [-0.2, 0) is 30.9 Å². The Kier molecular flexibility index (Phi) is 6.05. The second kappa shape index (κ2) is 8.80. The molecular weight excluding hydrogens is 424 g/mol. The lowest BCUT2D eigenvalue weighted by atomic mass is 10.1. The number of carbonyl (C=O) groups excluding carboxylic acids is 2. The zero-order chi connectivity index (χ0) is 23.8. The Morgan fingerprint density at radius 1 is 1.00 bits per heavy atom. The Morgan fingerprint density at radius 2 is 1.70 bits per heavy atom. The van der Waals surface area contributed by atoms with Gasteiger partial charge in [0.15, 0.2) is 0 Å². The lowest BCUT2D eigenvalue weighted by Crippen LogP contribution is -2.43. The summed E-state index contributed by atoms with van der Waals surface area (Å²) in [6.45, 7) is 7.40. The van der Waals surface area contributed by atoms with Gasteiger partial charge in [0.25, 0.3) is 5.91 Å². The third kappa shape index (κ3) is 4.67. The van der Waals surface area contributed by atoms with E-state index in [1.54, 1.807) is 21.5 Å². The average Bonchev–Trinajstić information content (AvgIpc) is 3.04. The number of rotatable bonds is 3. The Balaban J connectivity index is 1.65. The Bertz CT molecular complexity index is 1140. The Labute approximate surface area is 192 Å². The number of hydrogen-bond acceptors (Lipinski definition) is 5. The molecule has 0 bridgehead atoms. The van der Waals surface area contributed by atoms with Gasteiger partial charge in [0.1, 0.15) is 17.0 Å². The maximum absolute atomic E-state index is 13.7. The molecule has 2 aromatic rings.